The van der Waals surface area contributed by atoms with E-state index >= 15 is 0 Å². The first kappa shape index (κ1) is 17.4. The van der Waals surface area contributed by atoms with Crippen LogP contribution in [0.25, 0.3) is 0 Å². The van der Waals surface area contributed by atoms with E-state index in [0.717, 1.165) is 19.1 Å². The first-order valence-corrected chi connectivity index (χ1v) is 6.01. The van der Waals surface area contributed by atoms with E-state index in [1.165, 1.54) is 0 Å². The van der Waals surface area contributed by atoms with Gasteiger partial charge in [-0.1, -0.05) is 18.2 Å². The van der Waals surface area contributed by atoms with Gasteiger partial charge in [-0.15, -0.1) is 0 Å². The number of hydrogen-bond acceptors (Lipinski definition) is 3. The zero-order valence-electron chi connectivity index (χ0n) is 11.4. The van der Waals surface area contributed by atoms with Crippen LogP contribution in [0.3, 0.4) is 0 Å². The molecule has 0 saturated heterocycles. The quantitative estimate of drug-likeness (QED) is 0.699. The number of halogens is 3. The molecule has 0 spiro atoms. The van der Waals surface area contributed by atoms with E-state index in [-0.39, 0.29) is 5.56 Å². The van der Waals surface area contributed by atoms with E-state index in [4.69, 9.17) is 15.3 Å². The van der Waals surface area contributed by atoms with Crippen molar-refractivity contribution in [3.05, 3.63) is 59.2 Å². The predicted molar refractivity (Wildman–Crippen MR) is 72.9 cm³/mol. The smallest absolute Gasteiger partial charge is 0.416 e. The second-order valence-electron chi connectivity index (χ2n) is 4.27. The fraction of sp³-hybridized carbons (Fsp3) is 0.133. The van der Waals surface area contributed by atoms with Crippen molar-refractivity contribution in [1.29, 1.82) is 0 Å². The number of carboxylic acids is 1. The minimum atomic E-state index is -4.50. The van der Waals surface area contributed by atoms with Crippen LogP contribution in [0, 0.1) is 6.92 Å². The molecule has 0 saturated carbocycles. The van der Waals surface area contributed by atoms with Gasteiger partial charge in [-0.05, 0) is 31.2 Å². The van der Waals surface area contributed by atoms with Crippen LogP contribution in [0.4, 0.5) is 13.2 Å². The molecule has 118 valence electrons. The van der Waals surface area contributed by atoms with Crippen molar-refractivity contribution >= 4 is 5.97 Å². The predicted octanol–water partition coefficient (Wildman–Crippen LogP) is 3.81. The molecule has 0 aliphatic heterocycles. The Labute approximate surface area is 124 Å². The molecule has 0 aliphatic carbocycles. The number of hydrogen-bond donors (Lipinski definition) is 3. The molecule has 4 nitrogen and oxygen atoms in total. The average molecular weight is 314 g/mol. The topological polar surface area (TPSA) is 77.8 Å². The lowest BCUT2D eigenvalue weighted by atomic mass is 10.1. The van der Waals surface area contributed by atoms with Gasteiger partial charge in [0.05, 0.1) is 11.1 Å². The second-order valence-corrected chi connectivity index (χ2v) is 4.27. The van der Waals surface area contributed by atoms with E-state index in [9.17, 15) is 18.0 Å². The first-order valence-electron chi connectivity index (χ1n) is 6.01. The molecule has 0 aliphatic rings. The van der Waals surface area contributed by atoms with Gasteiger partial charge in [-0.25, -0.2) is 4.79 Å². The van der Waals surface area contributed by atoms with E-state index in [2.05, 4.69) is 0 Å². The number of aromatic carboxylic acids is 1. The summed E-state index contributed by atoms with van der Waals surface area (Å²) in [5, 5.41) is 26.3. The van der Waals surface area contributed by atoms with Gasteiger partial charge < -0.3 is 15.3 Å². The SMILES string of the molecule is Cc1c(C(F)(F)F)ccc(O)c1O.O=C(O)c1ccccc1. The summed E-state index contributed by atoms with van der Waals surface area (Å²) in [6.07, 6.45) is -4.50. The van der Waals surface area contributed by atoms with Crippen molar-refractivity contribution in [2.24, 2.45) is 0 Å². The molecule has 22 heavy (non-hydrogen) atoms. The molecule has 2 rings (SSSR count). The summed E-state index contributed by atoms with van der Waals surface area (Å²) in [5.74, 6) is -2.16. The summed E-state index contributed by atoms with van der Waals surface area (Å²) in [6, 6.07) is 9.83. The van der Waals surface area contributed by atoms with Crippen molar-refractivity contribution in [2.45, 2.75) is 13.1 Å². The van der Waals surface area contributed by atoms with E-state index in [0.29, 0.717) is 5.56 Å². The molecule has 2 aromatic rings. The molecule has 0 aromatic heterocycles. The van der Waals surface area contributed by atoms with Crippen LogP contribution in [0.15, 0.2) is 42.5 Å². The molecule has 0 fully saturated rings. The minimum absolute atomic E-state index is 0.331. The van der Waals surface area contributed by atoms with Crippen LogP contribution in [0.1, 0.15) is 21.5 Å². The third-order valence-electron chi connectivity index (χ3n) is 2.74. The molecular weight excluding hydrogens is 301 g/mol. The fourth-order valence-electron chi connectivity index (χ4n) is 1.57. The van der Waals surface area contributed by atoms with Crippen LogP contribution in [0.5, 0.6) is 11.5 Å². The molecule has 7 heteroatoms. The largest absolute Gasteiger partial charge is 0.504 e. The minimum Gasteiger partial charge on any atom is -0.504 e. The monoisotopic (exact) mass is 314 g/mol. The zero-order valence-corrected chi connectivity index (χ0v) is 11.4. The lowest BCUT2D eigenvalue weighted by Crippen LogP contribution is -2.07. The molecule has 0 unspecified atom stereocenters. The molecule has 0 atom stereocenters. The maximum atomic E-state index is 12.2. The lowest BCUT2D eigenvalue weighted by Gasteiger charge is -2.11. The normalized spacial score (nSPS) is 10.5. The highest BCUT2D eigenvalue weighted by molar-refractivity contribution is 5.87. The van der Waals surface area contributed by atoms with Crippen molar-refractivity contribution < 1.29 is 33.3 Å². The zero-order chi connectivity index (χ0) is 16.9. The molecule has 3 N–H and O–H groups in total. The van der Waals surface area contributed by atoms with Crippen LogP contribution >= 0.6 is 0 Å². The third kappa shape index (κ3) is 4.41. The summed E-state index contributed by atoms with van der Waals surface area (Å²) in [5.41, 5.74) is -0.979. The van der Waals surface area contributed by atoms with Crippen molar-refractivity contribution in [3.8, 4) is 11.5 Å². The van der Waals surface area contributed by atoms with Crippen LogP contribution in [0.2, 0.25) is 0 Å². The molecule has 0 heterocycles. The standard InChI is InChI=1S/C8H7F3O2.C7H6O2/c1-4-5(8(9,10)11)2-3-6(12)7(4)13;8-7(9)6-4-2-1-3-5-6/h2-3,12-13H,1H3;1-5H,(H,8,9). The Morgan fingerprint density at radius 2 is 1.55 bits per heavy atom. The lowest BCUT2D eigenvalue weighted by molar-refractivity contribution is -0.138. The van der Waals surface area contributed by atoms with Crippen molar-refractivity contribution in [2.75, 3.05) is 0 Å². The highest BCUT2D eigenvalue weighted by atomic mass is 19.4. The van der Waals surface area contributed by atoms with Crippen molar-refractivity contribution in [3.63, 3.8) is 0 Å². The number of phenolic OH excluding ortho intramolecular Hbond substituents is 2. The Morgan fingerprint density at radius 3 is 1.95 bits per heavy atom. The van der Waals surface area contributed by atoms with Crippen LogP contribution in [-0.2, 0) is 6.18 Å². The Balaban J connectivity index is 0.000000235. The van der Waals surface area contributed by atoms with Gasteiger partial charge in [-0.2, -0.15) is 13.2 Å². The summed E-state index contributed by atoms with van der Waals surface area (Å²) in [7, 11) is 0. The Hall–Kier alpha value is -2.70. The molecule has 2 aromatic carbocycles. The number of carboxylic acid groups (broad SMARTS) is 1. The van der Waals surface area contributed by atoms with Gasteiger partial charge in [0.25, 0.3) is 0 Å². The van der Waals surface area contributed by atoms with Crippen LogP contribution < -0.4 is 0 Å². The fourth-order valence-corrected chi connectivity index (χ4v) is 1.57. The van der Waals surface area contributed by atoms with E-state index in [1.54, 1.807) is 30.3 Å². The number of aromatic hydroxyl groups is 2. The molecule has 0 radical (unpaired) electrons. The summed E-state index contributed by atoms with van der Waals surface area (Å²) in [4.78, 5) is 10.2. The first-order chi connectivity index (χ1) is 10.1. The second kappa shape index (κ2) is 6.84. The van der Waals surface area contributed by atoms with Gasteiger partial charge in [-0.3, -0.25) is 0 Å². The molecule has 0 bridgehead atoms. The number of rotatable bonds is 1. The Bertz CT molecular complexity index is 652. The van der Waals surface area contributed by atoms with Crippen molar-refractivity contribution in [1.82, 2.24) is 0 Å². The van der Waals surface area contributed by atoms with Gasteiger partial charge in [0.2, 0.25) is 0 Å². The maximum absolute atomic E-state index is 12.2. The average Bonchev–Trinajstić information content (AvgIpc) is 2.45. The summed E-state index contributed by atoms with van der Waals surface area (Å²) in [6.45, 7) is 1.10. The van der Waals surface area contributed by atoms with Gasteiger partial charge >= 0.3 is 12.1 Å². The van der Waals surface area contributed by atoms with Gasteiger partial charge in [0.1, 0.15) is 0 Å². The summed E-state index contributed by atoms with van der Waals surface area (Å²) >= 11 is 0. The molecule has 0 amide bonds. The van der Waals surface area contributed by atoms with Crippen LogP contribution in [-0.4, -0.2) is 21.3 Å². The highest BCUT2D eigenvalue weighted by Gasteiger charge is 2.33. The van der Waals surface area contributed by atoms with E-state index in [1.807, 2.05) is 0 Å². The van der Waals surface area contributed by atoms with Gasteiger partial charge in [0, 0.05) is 5.56 Å². The number of benzene rings is 2. The number of carbonyl (C=O) groups is 1. The maximum Gasteiger partial charge on any atom is 0.416 e. The molecular formula is C15H13F3O4. The van der Waals surface area contributed by atoms with E-state index < -0.39 is 29.2 Å². The summed E-state index contributed by atoms with van der Waals surface area (Å²) < 4.78 is 36.5. The number of alkyl halides is 3. The third-order valence-corrected chi connectivity index (χ3v) is 2.74. The highest BCUT2D eigenvalue weighted by Crippen LogP contribution is 2.38. The Kier molecular flexibility index (Phi) is 5.39. The number of phenols is 2. The Morgan fingerprint density at radius 1 is 1.00 bits per heavy atom. The van der Waals surface area contributed by atoms with Gasteiger partial charge in [0.15, 0.2) is 11.5 Å².